The first-order chi connectivity index (χ1) is 12.5. The van der Waals surface area contributed by atoms with Crippen LogP contribution in [-0.2, 0) is 16.1 Å². The summed E-state index contributed by atoms with van der Waals surface area (Å²) in [5, 5.41) is 0. The van der Waals surface area contributed by atoms with Crippen molar-refractivity contribution in [1.29, 1.82) is 0 Å². The zero-order valence-corrected chi connectivity index (χ0v) is 16.4. The topological polar surface area (TPSA) is 65.1 Å². The Bertz CT molecular complexity index is 793. The van der Waals surface area contributed by atoms with Crippen molar-refractivity contribution < 1.29 is 23.8 Å². The minimum absolute atomic E-state index is 0.308. The number of benzene rings is 2. The van der Waals surface area contributed by atoms with Crippen molar-refractivity contribution >= 4 is 27.8 Å². The highest BCUT2D eigenvalue weighted by Gasteiger charge is 2.16. The number of hydrogen-bond donors (Lipinski definition) is 0. The van der Waals surface area contributed by atoms with Crippen LogP contribution in [-0.4, -0.2) is 44.7 Å². The van der Waals surface area contributed by atoms with Crippen molar-refractivity contribution in [2.75, 3.05) is 27.9 Å². The molecule has 0 saturated carbocycles. The third-order valence-electron chi connectivity index (χ3n) is 3.74. The monoisotopic (exact) mass is 421 g/mol. The van der Waals surface area contributed by atoms with Crippen LogP contribution in [0.4, 0.5) is 0 Å². The molecular formula is C19H20BrNO5. The zero-order chi connectivity index (χ0) is 19.1. The fourth-order valence-corrected chi connectivity index (χ4v) is 2.83. The number of halogens is 1. The van der Waals surface area contributed by atoms with Gasteiger partial charge in [0, 0.05) is 19.2 Å². The molecule has 0 atom stereocenters. The molecule has 6 nitrogen and oxygen atoms in total. The summed E-state index contributed by atoms with van der Waals surface area (Å²) in [7, 11) is 4.76. The molecule has 0 fully saturated rings. The van der Waals surface area contributed by atoms with Gasteiger partial charge in [-0.05, 0) is 40.2 Å². The fraction of sp³-hybridized carbons (Fsp3) is 0.263. The van der Waals surface area contributed by atoms with Crippen molar-refractivity contribution in [2.24, 2.45) is 0 Å². The molecule has 0 aromatic heterocycles. The standard InChI is InChI=1S/C19H20BrNO5/c1-21(11-14-6-4-5-7-16(14)24-2)18(22)12-26-19(23)13-8-9-17(25-3)15(20)10-13/h4-10H,11-12H2,1-3H3. The van der Waals surface area contributed by atoms with Gasteiger partial charge in [-0.3, -0.25) is 4.79 Å². The summed E-state index contributed by atoms with van der Waals surface area (Å²) >= 11 is 3.31. The van der Waals surface area contributed by atoms with Crippen LogP contribution in [0.1, 0.15) is 15.9 Å². The Hall–Kier alpha value is -2.54. The molecule has 0 heterocycles. The van der Waals surface area contributed by atoms with Crippen LogP contribution < -0.4 is 9.47 Å². The number of nitrogens with zero attached hydrogens (tertiary/aromatic N) is 1. The number of para-hydroxylation sites is 1. The summed E-state index contributed by atoms with van der Waals surface area (Å²) in [6.07, 6.45) is 0. The van der Waals surface area contributed by atoms with Gasteiger partial charge in [0.1, 0.15) is 11.5 Å². The van der Waals surface area contributed by atoms with Gasteiger partial charge in [-0.25, -0.2) is 4.79 Å². The van der Waals surface area contributed by atoms with Gasteiger partial charge in [-0.1, -0.05) is 18.2 Å². The highest BCUT2D eigenvalue weighted by atomic mass is 79.9. The maximum Gasteiger partial charge on any atom is 0.338 e. The molecule has 7 heteroatoms. The van der Waals surface area contributed by atoms with E-state index in [1.807, 2.05) is 24.3 Å². The zero-order valence-electron chi connectivity index (χ0n) is 14.8. The molecule has 0 spiro atoms. The average molecular weight is 422 g/mol. The molecule has 0 aliphatic carbocycles. The van der Waals surface area contributed by atoms with E-state index in [-0.39, 0.29) is 12.5 Å². The van der Waals surface area contributed by atoms with Gasteiger partial charge in [0.05, 0.1) is 24.3 Å². The maximum atomic E-state index is 12.2. The SMILES string of the molecule is COc1ccc(C(=O)OCC(=O)N(C)Cc2ccccc2OC)cc1Br. The number of methoxy groups -OCH3 is 2. The van der Waals surface area contributed by atoms with E-state index in [1.54, 1.807) is 32.4 Å². The highest BCUT2D eigenvalue weighted by molar-refractivity contribution is 9.10. The molecule has 2 aromatic rings. The molecule has 26 heavy (non-hydrogen) atoms. The molecule has 138 valence electrons. The second-order valence-electron chi connectivity index (χ2n) is 5.49. The molecule has 0 saturated heterocycles. The molecule has 0 bridgehead atoms. The first-order valence-electron chi connectivity index (χ1n) is 7.82. The fourth-order valence-electron chi connectivity index (χ4n) is 2.29. The molecular weight excluding hydrogens is 402 g/mol. The van der Waals surface area contributed by atoms with E-state index in [0.717, 1.165) is 5.56 Å². The Kier molecular flexibility index (Phi) is 7.03. The Morgan fingerprint density at radius 1 is 1.04 bits per heavy atom. The summed E-state index contributed by atoms with van der Waals surface area (Å²) in [6, 6.07) is 12.3. The third kappa shape index (κ3) is 4.98. The lowest BCUT2D eigenvalue weighted by Crippen LogP contribution is -2.31. The van der Waals surface area contributed by atoms with Crippen LogP contribution in [0.3, 0.4) is 0 Å². The van der Waals surface area contributed by atoms with E-state index in [4.69, 9.17) is 14.2 Å². The first-order valence-corrected chi connectivity index (χ1v) is 8.62. The molecule has 0 radical (unpaired) electrons. The Labute approximate surface area is 160 Å². The van der Waals surface area contributed by atoms with E-state index < -0.39 is 5.97 Å². The predicted molar refractivity (Wildman–Crippen MR) is 100 cm³/mol. The maximum absolute atomic E-state index is 12.2. The number of amides is 1. The van der Waals surface area contributed by atoms with Gasteiger partial charge < -0.3 is 19.1 Å². The quantitative estimate of drug-likeness (QED) is 0.641. The molecule has 2 rings (SSSR count). The van der Waals surface area contributed by atoms with Crippen molar-refractivity contribution in [3.8, 4) is 11.5 Å². The van der Waals surface area contributed by atoms with Gasteiger partial charge in [-0.2, -0.15) is 0 Å². The number of hydrogen-bond acceptors (Lipinski definition) is 5. The number of carbonyl (C=O) groups excluding carboxylic acids is 2. The summed E-state index contributed by atoms with van der Waals surface area (Å²) in [5.41, 5.74) is 1.20. The minimum atomic E-state index is -0.576. The Morgan fingerprint density at radius 2 is 1.73 bits per heavy atom. The largest absolute Gasteiger partial charge is 0.496 e. The highest BCUT2D eigenvalue weighted by Crippen LogP contribution is 2.25. The second kappa shape index (κ2) is 9.24. The van der Waals surface area contributed by atoms with Crippen LogP contribution in [0.25, 0.3) is 0 Å². The third-order valence-corrected chi connectivity index (χ3v) is 4.36. The lowest BCUT2D eigenvalue weighted by atomic mass is 10.2. The van der Waals surface area contributed by atoms with Gasteiger partial charge in [-0.15, -0.1) is 0 Å². The van der Waals surface area contributed by atoms with Gasteiger partial charge >= 0.3 is 5.97 Å². The average Bonchev–Trinajstić information content (AvgIpc) is 2.66. The second-order valence-corrected chi connectivity index (χ2v) is 6.34. The summed E-state index contributed by atoms with van der Waals surface area (Å²) in [4.78, 5) is 25.8. The normalized spacial score (nSPS) is 10.2. The van der Waals surface area contributed by atoms with E-state index >= 15 is 0 Å². The van der Waals surface area contributed by atoms with Crippen LogP contribution in [0.15, 0.2) is 46.9 Å². The van der Waals surface area contributed by atoms with Crippen LogP contribution in [0, 0.1) is 0 Å². The van der Waals surface area contributed by atoms with Gasteiger partial charge in [0.15, 0.2) is 6.61 Å². The van der Waals surface area contributed by atoms with Crippen molar-refractivity contribution in [2.45, 2.75) is 6.54 Å². The van der Waals surface area contributed by atoms with E-state index in [9.17, 15) is 9.59 Å². The molecule has 1 amide bonds. The molecule has 0 aliphatic heterocycles. The van der Waals surface area contributed by atoms with Gasteiger partial charge in [0.25, 0.3) is 5.91 Å². The molecule has 0 unspecified atom stereocenters. The summed E-state index contributed by atoms with van der Waals surface area (Å²) < 4.78 is 16.1. The molecule has 0 N–H and O–H groups in total. The number of likely N-dealkylation sites (N-methyl/N-ethyl adjacent to an activating group) is 1. The predicted octanol–water partition coefficient (Wildman–Crippen LogP) is 3.28. The lowest BCUT2D eigenvalue weighted by Gasteiger charge is -2.18. The minimum Gasteiger partial charge on any atom is -0.496 e. The number of ether oxygens (including phenoxy) is 3. The van der Waals surface area contributed by atoms with Crippen molar-refractivity contribution in [3.05, 3.63) is 58.1 Å². The molecule has 2 aromatic carbocycles. The van der Waals surface area contributed by atoms with E-state index in [1.165, 1.54) is 12.0 Å². The van der Waals surface area contributed by atoms with Crippen LogP contribution >= 0.6 is 15.9 Å². The Morgan fingerprint density at radius 3 is 2.38 bits per heavy atom. The first kappa shape index (κ1) is 19.8. The number of esters is 1. The smallest absolute Gasteiger partial charge is 0.338 e. The lowest BCUT2D eigenvalue weighted by molar-refractivity contribution is -0.133. The summed E-state index contributed by atoms with van der Waals surface area (Å²) in [6.45, 7) is 0.0165. The number of rotatable bonds is 7. The van der Waals surface area contributed by atoms with Crippen LogP contribution in [0.2, 0.25) is 0 Å². The Balaban J connectivity index is 1.93. The summed E-state index contributed by atoms with van der Waals surface area (Å²) in [5.74, 6) is 0.422. The van der Waals surface area contributed by atoms with Crippen molar-refractivity contribution in [1.82, 2.24) is 4.90 Å². The number of carbonyl (C=O) groups is 2. The van der Waals surface area contributed by atoms with E-state index in [0.29, 0.717) is 28.1 Å². The van der Waals surface area contributed by atoms with Crippen molar-refractivity contribution in [3.63, 3.8) is 0 Å². The van der Waals surface area contributed by atoms with Crippen LogP contribution in [0.5, 0.6) is 11.5 Å². The van der Waals surface area contributed by atoms with Gasteiger partial charge in [0.2, 0.25) is 0 Å². The van der Waals surface area contributed by atoms with E-state index in [2.05, 4.69) is 15.9 Å². The molecule has 0 aliphatic rings.